The van der Waals surface area contributed by atoms with Gasteiger partial charge in [-0.25, -0.2) is 8.42 Å². The van der Waals surface area contributed by atoms with Gasteiger partial charge < -0.3 is 14.0 Å². The van der Waals surface area contributed by atoms with E-state index in [0.717, 1.165) is 51.4 Å². The first kappa shape index (κ1) is 31.0. The molecule has 0 aliphatic rings. The number of esters is 2. The van der Waals surface area contributed by atoms with Gasteiger partial charge in [-0.3, -0.25) is 9.59 Å². The van der Waals surface area contributed by atoms with Gasteiger partial charge in [0.25, 0.3) is 0 Å². The van der Waals surface area contributed by atoms with E-state index in [-0.39, 0.29) is 29.6 Å². The maximum Gasteiger partial charge on any atom is 1.00 e. The van der Waals surface area contributed by atoms with Crippen LogP contribution in [0.3, 0.4) is 0 Å². The van der Waals surface area contributed by atoms with Crippen molar-refractivity contribution in [2.75, 3.05) is 0 Å². The van der Waals surface area contributed by atoms with Crippen LogP contribution in [0, 0.1) is 0 Å². The third kappa shape index (κ3) is 16.2. The van der Waals surface area contributed by atoms with Crippen LogP contribution in [-0.2, 0) is 29.2 Å². The molecule has 0 aliphatic heterocycles. The van der Waals surface area contributed by atoms with E-state index in [2.05, 4.69) is 13.8 Å². The number of ether oxygens (including phenoxy) is 2. The van der Waals surface area contributed by atoms with Crippen LogP contribution in [0.25, 0.3) is 0 Å². The topological polar surface area (TPSA) is 110 Å². The smallest absolute Gasteiger partial charge is 0.747 e. The number of unbranched alkanes of at least 4 members (excludes halogenated alkanes) is 6. The number of hydrogen-bond acceptors (Lipinski definition) is 7. The molecule has 0 aromatic rings. The number of rotatable bonds is 16. The van der Waals surface area contributed by atoms with Crippen LogP contribution in [0.15, 0.2) is 0 Å². The summed E-state index contributed by atoms with van der Waals surface area (Å²) in [6, 6.07) is 0. The minimum atomic E-state index is -5.02. The SMILES string of the molecule is CCCCCCC(C)OC(=O)CC(C(=O)OC(C)CCCCCC)S(=O)(=O)[O-].[Na+]. The van der Waals surface area contributed by atoms with Crippen molar-refractivity contribution in [1.82, 2.24) is 0 Å². The molecule has 29 heavy (non-hydrogen) atoms. The average Bonchev–Trinajstić information content (AvgIpc) is 2.59. The first-order chi connectivity index (χ1) is 13.1. The van der Waals surface area contributed by atoms with Crippen molar-refractivity contribution in [2.24, 2.45) is 0 Å². The third-order valence-corrected chi connectivity index (χ3v) is 5.60. The predicted molar refractivity (Wildman–Crippen MR) is 107 cm³/mol. The Morgan fingerprint density at radius 2 is 1.28 bits per heavy atom. The summed E-state index contributed by atoms with van der Waals surface area (Å²) >= 11 is 0. The van der Waals surface area contributed by atoms with E-state index in [1.807, 2.05) is 0 Å². The molecule has 0 rings (SSSR count). The fourth-order valence-corrected chi connectivity index (χ4v) is 3.47. The van der Waals surface area contributed by atoms with Crippen LogP contribution >= 0.6 is 0 Å². The Kier molecular flexibility index (Phi) is 18.8. The molecule has 0 radical (unpaired) electrons. The summed E-state index contributed by atoms with van der Waals surface area (Å²) in [5, 5.41) is -2.06. The summed E-state index contributed by atoms with van der Waals surface area (Å²) in [5.41, 5.74) is 0. The minimum absolute atomic E-state index is 0. The fourth-order valence-electron chi connectivity index (χ4n) is 2.84. The normalized spacial score (nSPS) is 14.4. The monoisotopic (exact) mass is 444 g/mol. The molecular formula is C20H37NaO7S. The summed E-state index contributed by atoms with van der Waals surface area (Å²) in [7, 11) is -5.02. The molecule has 0 heterocycles. The van der Waals surface area contributed by atoms with E-state index in [4.69, 9.17) is 9.47 Å². The van der Waals surface area contributed by atoms with Gasteiger partial charge in [0.15, 0.2) is 5.25 Å². The second-order valence-corrected chi connectivity index (χ2v) is 8.99. The summed E-state index contributed by atoms with van der Waals surface area (Å²) in [4.78, 5) is 24.1. The molecule has 3 atom stereocenters. The van der Waals surface area contributed by atoms with Gasteiger partial charge in [-0.2, -0.15) is 0 Å². The molecule has 7 nitrogen and oxygen atoms in total. The van der Waals surface area contributed by atoms with E-state index in [1.165, 1.54) is 0 Å². The van der Waals surface area contributed by atoms with Crippen molar-refractivity contribution in [1.29, 1.82) is 0 Å². The Morgan fingerprint density at radius 1 is 0.828 bits per heavy atom. The Morgan fingerprint density at radius 3 is 1.69 bits per heavy atom. The molecule has 0 amide bonds. The zero-order chi connectivity index (χ0) is 21.6. The first-order valence-electron chi connectivity index (χ1n) is 10.5. The molecule has 0 fully saturated rings. The zero-order valence-electron chi connectivity index (χ0n) is 18.8. The zero-order valence-corrected chi connectivity index (χ0v) is 21.6. The Bertz CT molecular complexity index is 551. The van der Waals surface area contributed by atoms with Crippen LogP contribution < -0.4 is 29.6 Å². The van der Waals surface area contributed by atoms with Crippen molar-refractivity contribution in [3.63, 3.8) is 0 Å². The largest absolute Gasteiger partial charge is 1.00 e. The Balaban J connectivity index is 0. The molecule has 0 spiro atoms. The molecule has 0 saturated heterocycles. The molecule has 0 aliphatic carbocycles. The van der Waals surface area contributed by atoms with Gasteiger partial charge in [0.1, 0.15) is 10.1 Å². The maximum atomic E-state index is 12.1. The molecule has 0 N–H and O–H groups in total. The standard InChI is InChI=1S/C20H38O7S.Na/c1-5-7-9-11-13-16(3)26-19(21)15-18(28(23,24)25)20(22)27-17(4)14-12-10-8-6-2;/h16-18H,5-15H2,1-4H3,(H,23,24,25);/q;+1/p-1. The van der Waals surface area contributed by atoms with Crippen LogP contribution in [0.2, 0.25) is 0 Å². The molecule has 0 saturated carbocycles. The van der Waals surface area contributed by atoms with Crippen molar-refractivity contribution in [3.8, 4) is 0 Å². The molecule has 9 heteroatoms. The van der Waals surface area contributed by atoms with Gasteiger partial charge in [0, 0.05) is 0 Å². The predicted octanol–water partition coefficient (Wildman–Crippen LogP) is 1.10. The number of hydrogen-bond donors (Lipinski definition) is 0. The summed E-state index contributed by atoms with van der Waals surface area (Å²) < 4.78 is 44.6. The van der Waals surface area contributed by atoms with Gasteiger partial charge in [-0.15, -0.1) is 0 Å². The quantitative estimate of drug-likeness (QED) is 0.152. The molecule has 0 bridgehead atoms. The van der Waals surface area contributed by atoms with E-state index >= 15 is 0 Å². The second kappa shape index (κ2) is 17.5. The molecule has 3 unspecified atom stereocenters. The molecule has 0 aromatic heterocycles. The fraction of sp³-hybridized carbons (Fsp3) is 0.900. The van der Waals surface area contributed by atoms with E-state index in [0.29, 0.717) is 12.8 Å². The number of carbonyl (C=O) groups is 2. The first-order valence-corrected chi connectivity index (χ1v) is 11.9. The summed E-state index contributed by atoms with van der Waals surface area (Å²) in [6.45, 7) is 7.53. The Hall–Kier alpha value is -0.150. The van der Waals surface area contributed by atoms with Gasteiger partial charge >= 0.3 is 41.5 Å². The Labute approximate surface area is 198 Å². The maximum absolute atomic E-state index is 12.1. The van der Waals surface area contributed by atoms with Gasteiger partial charge in [0.2, 0.25) is 0 Å². The van der Waals surface area contributed by atoms with E-state index in [1.54, 1.807) is 13.8 Å². The minimum Gasteiger partial charge on any atom is -0.747 e. The summed E-state index contributed by atoms with van der Waals surface area (Å²) in [6.07, 6.45) is 7.60. The molecule has 166 valence electrons. The van der Waals surface area contributed by atoms with Crippen molar-refractivity contribution < 1.29 is 61.6 Å². The van der Waals surface area contributed by atoms with Gasteiger partial charge in [-0.05, 0) is 39.5 Å². The van der Waals surface area contributed by atoms with Gasteiger partial charge in [0.05, 0.1) is 18.6 Å². The van der Waals surface area contributed by atoms with Crippen molar-refractivity contribution in [3.05, 3.63) is 0 Å². The van der Waals surface area contributed by atoms with E-state index in [9.17, 15) is 22.6 Å². The summed E-state index contributed by atoms with van der Waals surface area (Å²) in [5.74, 6) is -2.05. The van der Waals surface area contributed by atoms with Gasteiger partial charge in [-0.1, -0.05) is 52.4 Å². The molecular weight excluding hydrogens is 407 g/mol. The van der Waals surface area contributed by atoms with Crippen LogP contribution in [0.4, 0.5) is 0 Å². The van der Waals surface area contributed by atoms with Crippen molar-refractivity contribution in [2.45, 2.75) is 116 Å². The van der Waals surface area contributed by atoms with Crippen LogP contribution in [0.5, 0.6) is 0 Å². The number of carbonyl (C=O) groups excluding carboxylic acids is 2. The van der Waals surface area contributed by atoms with Crippen LogP contribution in [-0.4, -0.2) is 42.4 Å². The van der Waals surface area contributed by atoms with Crippen LogP contribution in [0.1, 0.15) is 98.3 Å². The van der Waals surface area contributed by atoms with E-state index < -0.39 is 45.9 Å². The second-order valence-electron chi connectivity index (χ2n) is 7.43. The third-order valence-electron chi connectivity index (χ3n) is 4.54. The molecule has 0 aromatic carbocycles. The van der Waals surface area contributed by atoms with Crippen molar-refractivity contribution >= 4 is 22.1 Å². The average molecular weight is 445 g/mol.